The minimum Gasteiger partial charge on any atom is -0.508 e. The molecule has 0 saturated carbocycles. The fourth-order valence-electron chi connectivity index (χ4n) is 3.51. The van der Waals surface area contributed by atoms with Crippen LogP contribution in [0.5, 0.6) is 5.75 Å². The maximum absolute atomic E-state index is 10.6. The largest absolute Gasteiger partial charge is 0.508 e. The molecule has 0 radical (unpaired) electrons. The van der Waals surface area contributed by atoms with Crippen molar-refractivity contribution in [2.75, 3.05) is 0 Å². The Kier molecular flexibility index (Phi) is 6.63. The quantitative estimate of drug-likeness (QED) is 0.385. The second-order valence-corrected chi connectivity index (χ2v) is 6.86. The minimum absolute atomic E-state index is 0.350. The number of aromatic hydroxyl groups is 1. The number of benzene rings is 1. The molecule has 2 heteroatoms. The fraction of sp³-hybridized carbons (Fsp3) is 0.550. The number of aryl methyl sites for hydroxylation is 1. The number of phenolic OH excluding ortho intramolecular Hbond substituents is 1. The summed E-state index contributed by atoms with van der Waals surface area (Å²) in [5.74, 6) is 0.820. The van der Waals surface area contributed by atoms with Gasteiger partial charge in [-0.2, -0.15) is 0 Å². The van der Waals surface area contributed by atoms with Crippen LogP contribution in [0.25, 0.3) is 0 Å². The maximum Gasteiger partial charge on any atom is 0.119 e. The first-order chi connectivity index (χ1) is 10.7. The zero-order chi connectivity index (χ0) is 15.9. The van der Waals surface area contributed by atoms with E-state index in [0.717, 1.165) is 24.8 Å². The summed E-state index contributed by atoms with van der Waals surface area (Å²) in [5, 5.41) is 12.4. The van der Waals surface area contributed by atoms with Crippen LogP contribution >= 0.6 is 12.2 Å². The van der Waals surface area contributed by atoms with Crippen LogP contribution in [0.15, 0.2) is 23.8 Å². The number of allylic oxidation sites excluding steroid dienone is 2. The van der Waals surface area contributed by atoms with E-state index >= 15 is 0 Å². The Labute approximate surface area is 140 Å². The van der Waals surface area contributed by atoms with E-state index in [0.29, 0.717) is 11.7 Å². The summed E-state index contributed by atoms with van der Waals surface area (Å²) in [6.07, 6.45) is 11.3. The summed E-state index contributed by atoms with van der Waals surface area (Å²) in [7, 11) is 0. The van der Waals surface area contributed by atoms with Crippen LogP contribution in [0.1, 0.15) is 75.0 Å². The first-order valence-corrected chi connectivity index (χ1v) is 9.08. The SMILES string of the molecule is CCCCCc1cc(O)c(C2C=C(C)CCC2)c(CC=S)c1. The fourth-order valence-corrected chi connectivity index (χ4v) is 3.69. The van der Waals surface area contributed by atoms with Gasteiger partial charge >= 0.3 is 0 Å². The summed E-state index contributed by atoms with van der Waals surface area (Å²) in [6.45, 7) is 4.41. The lowest BCUT2D eigenvalue weighted by molar-refractivity contribution is 0.459. The van der Waals surface area contributed by atoms with Crippen molar-refractivity contribution in [1.29, 1.82) is 0 Å². The number of rotatable bonds is 7. The highest BCUT2D eigenvalue weighted by Crippen LogP contribution is 2.38. The van der Waals surface area contributed by atoms with Crippen LogP contribution in [0.2, 0.25) is 0 Å². The Morgan fingerprint density at radius 3 is 2.82 bits per heavy atom. The third-order valence-electron chi connectivity index (χ3n) is 4.62. The molecule has 120 valence electrons. The van der Waals surface area contributed by atoms with Crippen LogP contribution < -0.4 is 0 Å². The van der Waals surface area contributed by atoms with Crippen molar-refractivity contribution in [2.24, 2.45) is 0 Å². The average Bonchev–Trinajstić information content (AvgIpc) is 2.47. The van der Waals surface area contributed by atoms with E-state index in [2.05, 4.69) is 26.0 Å². The van der Waals surface area contributed by atoms with E-state index in [-0.39, 0.29) is 0 Å². The molecule has 2 rings (SSSR count). The number of hydrogen-bond donors (Lipinski definition) is 1. The van der Waals surface area contributed by atoms with E-state index in [4.69, 9.17) is 12.2 Å². The van der Waals surface area contributed by atoms with Gasteiger partial charge in [-0.05, 0) is 61.6 Å². The molecule has 0 aromatic heterocycles. The molecule has 1 aromatic carbocycles. The molecule has 1 N–H and O–H groups in total. The molecule has 1 aliphatic rings. The number of hydrogen-bond acceptors (Lipinski definition) is 2. The van der Waals surface area contributed by atoms with Crippen molar-refractivity contribution < 1.29 is 5.11 Å². The molecular formula is C20H28OS. The van der Waals surface area contributed by atoms with Gasteiger partial charge in [-0.25, -0.2) is 0 Å². The normalized spacial score (nSPS) is 18.1. The molecule has 0 heterocycles. The summed E-state index contributed by atoms with van der Waals surface area (Å²) >= 11 is 5.09. The van der Waals surface area contributed by atoms with E-state index in [9.17, 15) is 5.11 Å². The highest BCUT2D eigenvalue weighted by molar-refractivity contribution is 7.78. The summed E-state index contributed by atoms with van der Waals surface area (Å²) in [6, 6.07) is 4.25. The summed E-state index contributed by atoms with van der Waals surface area (Å²) in [4.78, 5) is 0. The molecular weight excluding hydrogens is 288 g/mol. The molecule has 1 atom stereocenters. The molecule has 0 fully saturated rings. The second-order valence-electron chi connectivity index (χ2n) is 6.53. The van der Waals surface area contributed by atoms with Crippen molar-refractivity contribution in [3.8, 4) is 5.75 Å². The van der Waals surface area contributed by atoms with Gasteiger partial charge in [0.05, 0.1) is 0 Å². The molecule has 0 saturated heterocycles. The first-order valence-electron chi connectivity index (χ1n) is 8.61. The molecule has 0 bridgehead atoms. The standard InChI is InChI=1S/C20H28OS/c1-3-4-5-8-16-13-18(10-11-22)20(19(21)14-16)17-9-6-7-15(2)12-17/h11-14,17,21H,3-10H2,1-2H3. The summed E-state index contributed by atoms with van der Waals surface area (Å²) in [5.41, 5.74) is 5.02. The topological polar surface area (TPSA) is 20.2 Å². The zero-order valence-corrected chi connectivity index (χ0v) is 14.7. The maximum atomic E-state index is 10.6. The van der Waals surface area contributed by atoms with E-state index < -0.39 is 0 Å². The van der Waals surface area contributed by atoms with E-state index in [1.54, 1.807) is 5.37 Å². The van der Waals surface area contributed by atoms with Crippen LogP contribution in [-0.4, -0.2) is 10.5 Å². The van der Waals surface area contributed by atoms with Crippen LogP contribution in [0.3, 0.4) is 0 Å². The van der Waals surface area contributed by atoms with Gasteiger partial charge < -0.3 is 5.11 Å². The monoisotopic (exact) mass is 316 g/mol. The lowest BCUT2D eigenvalue weighted by Gasteiger charge is -2.24. The van der Waals surface area contributed by atoms with Crippen LogP contribution in [-0.2, 0) is 12.8 Å². The van der Waals surface area contributed by atoms with Gasteiger partial charge in [0.1, 0.15) is 5.75 Å². The van der Waals surface area contributed by atoms with Gasteiger partial charge in [0.2, 0.25) is 0 Å². The third kappa shape index (κ3) is 4.42. The highest BCUT2D eigenvalue weighted by Gasteiger charge is 2.20. The number of phenols is 1. The third-order valence-corrected chi connectivity index (χ3v) is 4.79. The molecule has 0 amide bonds. The van der Waals surface area contributed by atoms with Gasteiger partial charge in [0.15, 0.2) is 0 Å². The average molecular weight is 317 g/mol. The molecule has 1 unspecified atom stereocenters. The zero-order valence-electron chi connectivity index (χ0n) is 13.9. The van der Waals surface area contributed by atoms with Gasteiger partial charge in [0.25, 0.3) is 0 Å². The number of thiocarbonyl (C=S) groups is 1. The lowest BCUT2D eigenvalue weighted by Crippen LogP contribution is -2.07. The van der Waals surface area contributed by atoms with Crippen LogP contribution in [0.4, 0.5) is 0 Å². The smallest absolute Gasteiger partial charge is 0.119 e. The van der Waals surface area contributed by atoms with Crippen molar-refractivity contribution >= 4 is 17.6 Å². The predicted molar refractivity (Wildman–Crippen MR) is 99.0 cm³/mol. The van der Waals surface area contributed by atoms with Crippen molar-refractivity contribution in [3.05, 3.63) is 40.5 Å². The highest BCUT2D eigenvalue weighted by atomic mass is 32.1. The Morgan fingerprint density at radius 1 is 1.32 bits per heavy atom. The Hall–Kier alpha value is -1.15. The molecule has 1 aromatic rings. The van der Waals surface area contributed by atoms with Crippen molar-refractivity contribution in [3.63, 3.8) is 0 Å². The Balaban J connectivity index is 2.31. The predicted octanol–water partition coefficient (Wildman–Crippen LogP) is 5.88. The molecule has 1 nitrogen and oxygen atoms in total. The van der Waals surface area contributed by atoms with E-state index in [1.807, 2.05) is 6.07 Å². The van der Waals surface area contributed by atoms with Gasteiger partial charge in [-0.1, -0.05) is 49.7 Å². The lowest BCUT2D eigenvalue weighted by atomic mass is 9.82. The summed E-state index contributed by atoms with van der Waals surface area (Å²) < 4.78 is 0. The van der Waals surface area contributed by atoms with E-state index in [1.165, 1.54) is 48.8 Å². The molecule has 1 aliphatic carbocycles. The molecule has 0 aliphatic heterocycles. The van der Waals surface area contributed by atoms with Crippen molar-refractivity contribution in [1.82, 2.24) is 0 Å². The molecule has 22 heavy (non-hydrogen) atoms. The Bertz CT molecular complexity index is 545. The second kappa shape index (κ2) is 8.47. The minimum atomic E-state index is 0.350. The van der Waals surface area contributed by atoms with Crippen LogP contribution in [0, 0.1) is 0 Å². The molecule has 0 spiro atoms. The Morgan fingerprint density at radius 2 is 2.14 bits per heavy atom. The van der Waals surface area contributed by atoms with Gasteiger partial charge in [-0.3, -0.25) is 0 Å². The first kappa shape index (κ1) is 17.2. The van der Waals surface area contributed by atoms with Gasteiger partial charge in [-0.15, -0.1) is 0 Å². The number of unbranched alkanes of at least 4 members (excludes halogenated alkanes) is 2. The van der Waals surface area contributed by atoms with Crippen molar-refractivity contribution in [2.45, 2.75) is 71.1 Å². The van der Waals surface area contributed by atoms with Gasteiger partial charge in [0, 0.05) is 17.9 Å².